The lowest BCUT2D eigenvalue weighted by molar-refractivity contribution is -0.834. The van der Waals surface area contributed by atoms with Gasteiger partial charge in [-0.1, -0.05) is 141 Å². The van der Waals surface area contributed by atoms with E-state index in [-0.39, 0.29) is 5.91 Å². The number of nitrogens with one attached hydrogen (secondary N) is 1. The summed E-state index contributed by atoms with van der Waals surface area (Å²) in [6.07, 6.45) is 46.0. The molecule has 0 aromatic heterocycles. The molecule has 0 aromatic rings. The number of amidine groups is 1. The van der Waals surface area contributed by atoms with Crippen LogP contribution in [-0.4, -0.2) is 48.9 Å². The second-order valence-corrected chi connectivity index (χ2v) is 14.4. The first-order valence-electron chi connectivity index (χ1n) is 20.6. The van der Waals surface area contributed by atoms with Crippen molar-refractivity contribution >= 4 is 11.7 Å². The number of unbranched alkanes of at least 4 members (excludes halogenated alkanes) is 23. The fourth-order valence-electron chi connectivity index (χ4n) is 6.89. The van der Waals surface area contributed by atoms with Crippen LogP contribution in [0.2, 0.25) is 0 Å². The average Bonchev–Trinajstić information content (AvgIpc) is 3.42. The van der Waals surface area contributed by atoms with Crippen LogP contribution in [0, 0.1) is 0 Å². The summed E-state index contributed by atoms with van der Waals surface area (Å²) in [5, 5.41) is 3.24. The molecule has 1 aliphatic heterocycles. The third-order valence-electron chi connectivity index (χ3n) is 10.2. The fraction of sp³-hybridized carbons (Fsp3) is 0.857. The van der Waals surface area contributed by atoms with Crippen molar-refractivity contribution in [1.29, 1.82) is 0 Å². The van der Waals surface area contributed by atoms with Crippen molar-refractivity contribution in [2.45, 2.75) is 201 Å². The molecule has 1 N–H and O–H groups in total. The van der Waals surface area contributed by atoms with Crippen LogP contribution in [0.25, 0.3) is 0 Å². The molecule has 4 nitrogen and oxygen atoms in total. The molecule has 46 heavy (non-hydrogen) atoms. The van der Waals surface area contributed by atoms with E-state index in [1.54, 1.807) is 0 Å². The van der Waals surface area contributed by atoms with Crippen LogP contribution in [0.3, 0.4) is 0 Å². The minimum absolute atomic E-state index is 0.238. The fourth-order valence-corrected chi connectivity index (χ4v) is 6.89. The number of amides is 1. The molecule has 0 fully saturated rings. The largest absolute Gasteiger partial charge is 0.350 e. The second kappa shape index (κ2) is 32.1. The molecule has 4 heteroatoms. The quantitative estimate of drug-likeness (QED) is 0.0423. The van der Waals surface area contributed by atoms with E-state index in [0.717, 1.165) is 37.1 Å². The number of quaternary nitrogens is 1. The summed E-state index contributed by atoms with van der Waals surface area (Å²) in [5.74, 6) is 1.51. The lowest BCUT2D eigenvalue weighted by Gasteiger charge is -2.34. The molecule has 1 atom stereocenters. The first kappa shape index (κ1) is 42.6. The maximum absolute atomic E-state index is 12.5. The van der Waals surface area contributed by atoms with E-state index in [4.69, 9.17) is 4.99 Å². The Balaban J connectivity index is 2.00. The van der Waals surface area contributed by atoms with Gasteiger partial charge in [-0.05, 0) is 70.6 Å². The normalized spacial score (nSPS) is 16.6. The first-order chi connectivity index (χ1) is 22.6. The van der Waals surface area contributed by atoms with Crippen molar-refractivity contribution in [1.82, 2.24) is 5.32 Å². The van der Waals surface area contributed by atoms with Gasteiger partial charge in [-0.3, -0.25) is 9.28 Å². The number of rotatable bonds is 34. The topological polar surface area (TPSA) is 41.5 Å². The van der Waals surface area contributed by atoms with Gasteiger partial charge < -0.3 is 5.32 Å². The van der Waals surface area contributed by atoms with Crippen LogP contribution in [0.1, 0.15) is 201 Å². The zero-order chi connectivity index (χ0) is 33.2. The van der Waals surface area contributed by atoms with E-state index in [1.807, 2.05) is 0 Å². The highest BCUT2D eigenvalue weighted by Gasteiger charge is 2.34. The molecular weight excluding hydrogens is 562 g/mol. The highest BCUT2D eigenvalue weighted by molar-refractivity contribution is 5.76. The molecule has 1 heterocycles. The van der Waals surface area contributed by atoms with E-state index >= 15 is 0 Å². The third-order valence-corrected chi connectivity index (χ3v) is 10.2. The molecule has 0 radical (unpaired) electrons. The zero-order valence-electron chi connectivity index (χ0n) is 31.4. The van der Waals surface area contributed by atoms with Gasteiger partial charge in [0.1, 0.15) is 13.1 Å². The Morgan fingerprint density at radius 1 is 0.587 bits per heavy atom. The number of allylic oxidation sites excluding steroid dienone is 4. The maximum atomic E-state index is 12.5. The number of hydrogen-bond acceptors (Lipinski definition) is 2. The van der Waals surface area contributed by atoms with Gasteiger partial charge in [0, 0.05) is 13.3 Å². The van der Waals surface area contributed by atoms with Crippen LogP contribution >= 0.6 is 0 Å². The summed E-state index contributed by atoms with van der Waals surface area (Å²) in [6, 6.07) is 0. The number of nitrogens with zero attached hydrogens (tertiary/aromatic N) is 2. The second-order valence-electron chi connectivity index (χ2n) is 14.4. The van der Waals surface area contributed by atoms with E-state index < -0.39 is 0 Å². The van der Waals surface area contributed by atoms with Gasteiger partial charge >= 0.3 is 0 Å². The number of hydrogen-bond donors (Lipinski definition) is 1. The summed E-state index contributed by atoms with van der Waals surface area (Å²) < 4.78 is 0.997. The minimum Gasteiger partial charge on any atom is -0.350 e. The average molecular weight is 643 g/mol. The Labute approximate surface area is 288 Å². The van der Waals surface area contributed by atoms with Crippen molar-refractivity contribution in [3.63, 3.8) is 0 Å². The summed E-state index contributed by atoms with van der Waals surface area (Å²) in [7, 11) is 0. The van der Waals surface area contributed by atoms with Crippen LogP contribution in [0.5, 0.6) is 0 Å². The Hall–Kier alpha value is -1.42. The first-order valence-corrected chi connectivity index (χ1v) is 20.6. The minimum atomic E-state index is 0.238. The molecule has 0 saturated carbocycles. The number of carbonyl (C=O) groups excluding carboxylic acids is 1. The van der Waals surface area contributed by atoms with E-state index in [2.05, 4.69) is 50.4 Å². The van der Waals surface area contributed by atoms with Crippen LogP contribution < -0.4 is 5.32 Å². The molecule has 0 saturated heterocycles. The molecule has 1 amide bonds. The molecule has 1 unspecified atom stereocenters. The van der Waals surface area contributed by atoms with Crippen LogP contribution in [-0.2, 0) is 4.79 Å². The van der Waals surface area contributed by atoms with Gasteiger partial charge in [0.05, 0.1) is 19.6 Å². The lowest BCUT2D eigenvalue weighted by Crippen LogP contribution is -2.54. The van der Waals surface area contributed by atoms with Crippen LogP contribution in [0.15, 0.2) is 29.3 Å². The smallest absolute Gasteiger partial charge is 0.220 e. The van der Waals surface area contributed by atoms with Crippen molar-refractivity contribution in [3.8, 4) is 0 Å². The van der Waals surface area contributed by atoms with Gasteiger partial charge in [-0.2, -0.15) is 0 Å². The molecule has 0 spiro atoms. The number of carbonyl (C=O) groups is 1. The van der Waals surface area contributed by atoms with Crippen molar-refractivity contribution in [2.75, 3.05) is 32.7 Å². The SMILES string of the molecule is CCCCCCCC/C=C\CCCCCCCC[N+]1(CCNC(=O)CCCCCCC/C=C\CCCCCCCC)CCN=C1C. The molecular formula is C42H80N3O+. The molecule has 1 rings (SSSR count). The van der Waals surface area contributed by atoms with Crippen molar-refractivity contribution in [2.24, 2.45) is 4.99 Å². The Kier molecular flexibility index (Phi) is 29.8. The molecule has 0 bridgehead atoms. The summed E-state index contributed by atoms with van der Waals surface area (Å²) in [5.41, 5.74) is 0. The monoisotopic (exact) mass is 643 g/mol. The Morgan fingerprint density at radius 2 is 1.00 bits per heavy atom. The van der Waals surface area contributed by atoms with E-state index in [0.29, 0.717) is 6.42 Å². The van der Waals surface area contributed by atoms with Crippen LogP contribution in [0.4, 0.5) is 0 Å². The van der Waals surface area contributed by atoms with Crippen molar-refractivity contribution < 1.29 is 9.28 Å². The third kappa shape index (κ3) is 24.7. The summed E-state index contributed by atoms with van der Waals surface area (Å²) >= 11 is 0. The Bertz CT molecular complexity index is 773. The molecule has 0 aliphatic carbocycles. The van der Waals surface area contributed by atoms with E-state index in [9.17, 15) is 4.79 Å². The van der Waals surface area contributed by atoms with Gasteiger partial charge in [0.25, 0.3) is 0 Å². The Morgan fingerprint density at radius 3 is 1.43 bits per heavy atom. The summed E-state index contributed by atoms with van der Waals surface area (Å²) in [4.78, 5) is 17.3. The zero-order valence-corrected chi connectivity index (χ0v) is 31.4. The summed E-state index contributed by atoms with van der Waals surface area (Å²) in [6.45, 7) is 11.8. The predicted octanol–water partition coefficient (Wildman–Crippen LogP) is 12.4. The van der Waals surface area contributed by atoms with Gasteiger partial charge in [-0.15, -0.1) is 0 Å². The molecule has 0 aromatic carbocycles. The lowest BCUT2D eigenvalue weighted by atomic mass is 10.1. The van der Waals surface area contributed by atoms with Gasteiger partial charge in [0.2, 0.25) is 5.91 Å². The van der Waals surface area contributed by atoms with Crippen molar-refractivity contribution in [3.05, 3.63) is 24.3 Å². The van der Waals surface area contributed by atoms with Gasteiger partial charge in [-0.25, -0.2) is 4.99 Å². The standard InChI is InChI=1S/C42H79N3O/c1-4-6-8-10-12-14-16-18-20-22-24-26-28-30-32-34-38-45(39-36-43-41(45)3)40-37-44-42(46)35-33-31-29-27-25-23-21-19-17-15-13-11-9-7-5-2/h18-21H,4-17,22-40H2,1-3H3/p+1/b20-18-,21-19-. The highest BCUT2D eigenvalue weighted by atomic mass is 16.1. The predicted molar refractivity (Wildman–Crippen MR) is 205 cm³/mol. The number of aliphatic imine (C=N–C) groups is 1. The molecule has 1 aliphatic rings. The molecule has 268 valence electrons. The maximum Gasteiger partial charge on any atom is 0.220 e. The van der Waals surface area contributed by atoms with E-state index in [1.165, 1.54) is 179 Å². The highest BCUT2D eigenvalue weighted by Crippen LogP contribution is 2.18. The van der Waals surface area contributed by atoms with Gasteiger partial charge in [0.15, 0.2) is 5.84 Å².